The fourth-order valence-corrected chi connectivity index (χ4v) is 4.13. The molecule has 0 aromatic heterocycles. The van der Waals surface area contributed by atoms with Crippen LogP contribution >= 0.6 is 0 Å². The first kappa shape index (κ1) is 25.5. The molecule has 0 saturated carbocycles. The predicted molar refractivity (Wildman–Crippen MR) is 129 cm³/mol. The summed E-state index contributed by atoms with van der Waals surface area (Å²) in [7, 11) is 0. The number of allylic oxidation sites excluding steroid dienone is 1. The average Bonchev–Trinajstić information content (AvgIpc) is 2.78. The molecule has 3 rings (SSSR count). The maximum Gasteiger partial charge on any atom is 0.338 e. The van der Waals surface area contributed by atoms with Crippen LogP contribution in [0.3, 0.4) is 0 Å². The average molecular weight is 471 g/mol. The number of hydrogen-bond acceptors (Lipinski definition) is 7. The second-order valence-electron chi connectivity index (χ2n) is 8.86. The van der Waals surface area contributed by atoms with Gasteiger partial charge in [0.15, 0.2) is 6.61 Å². The van der Waals surface area contributed by atoms with E-state index < -0.39 is 12.1 Å². The number of aliphatic hydroxyl groups is 1. The number of phenolic OH excluding ortho intramolecular Hbond substituents is 1. The number of esters is 1. The van der Waals surface area contributed by atoms with Gasteiger partial charge in [-0.05, 0) is 68.9 Å². The smallest absolute Gasteiger partial charge is 0.338 e. The Hall–Kier alpha value is -3.13. The number of piperidine rings is 1. The van der Waals surface area contributed by atoms with E-state index in [-0.39, 0.29) is 30.8 Å². The van der Waals surface area contributed by atoms with Gasteiger partial charge in [-0.3, -0.25) is 4.79 Å². The number of aromatic hydroxyl groups is 1. The molecule has 1 fully saturated rings. The highest BCUT2D eigenvalue weighted by Crippen LogP contribution is 2.24. The number of likely N-dealkylation sites (tertiary alicyclic amines) is 1. The van der Waals surface area contributed by atoms with Crippen LogP contribution in [0.25, 0.3) is 0 Å². The zero-order valence-corrected chi connectivity index (χ0v) is 19.9. The van der Waals surface area contributed by atoms with Crippen LogP contribution < -0.4 is 0 Å². The monoisotopic (exact) mass is 470 g/mol. The fourth-order valence-electron chi connectivity index (χ4n) is 4.13. The molecule has 2 aliphatic heterocycles. The van der Waals surface area contributed by atoms with Gasteiger partial charge in [0.25, 0.3) is 5.91 Å². The molecule has 1 aromatic carbocycles. The summed E-state index contributed by atoms with van der Waals surface area (Å²) in [5.41, 5.74) is 1.95. The van der Waals surface area contributed by atoms with Gasteiger partial charge in [0.2, 0.25) is 0 Å². The summed E-state index contributed by atoms with van der Waals surface area (Å²) in [5, 5.41) is 24.5. The number of aryl methyl sites for hydroxylation is 1. The van der Waals surface area contributed by atoms with Crippen LogP contribution in [0.15, 0.2) is 41.6 Å². The Bertz CT molecular complexity index is 962. The van der Waals surface area contributed by atoms with Crippen molar-refractivity contribution in [1.82, 2.24) is 4.90 Å². The van der Waals surface area contributed by atoms with Gasteiger partial charge in [0.05, 0.1) is 17.4 Å². The Morgan fingerprint density at radius 3 is 2.74 bits per heavy atom. The van der Waals surface area contributed by atoms with Crippen molar-refractivity contribution in [2.24, 2.45) is 5.16 Å². The maximum atomic E-state index is 13.0. The number of amides is 1. The third-order valence-electron chi connectivity index (χ3n) is 5.88. The summed E-state index contributed by atoms with van der Waals surface area (Å²) in [6, 6.07) is 3.03. The molecular weight excluding hydrogens is 436 g/mol. The normalized spacial score (nSPS) is 25.1. The number of ether oxygens (including phenoxy) is 1. The van der Waals surface area contributed by atoms with Crippen LogP contribution in [0.2, 0.25) is 0 Å². The van der Waals surface area contributed by atoms with Crippen LogP contribution in [0.5, 0.6) is 5.75 Å². The van der Waals surface area contributed by atoms with Gasteiger partial charge in [-0.2, -0.15) is 0 Å². The van der Waals surface area contributed by atoms with Gasteiger partial charge >= 0.3 is 5.97 Å². The van der Waals surface area contributed by atoms with Gasteiger partial charge in [0, 0.05) is 25.9 Å². The van der Waals surface area contributed by atoms with E-state index in [2.05, 4.69) is 5.16 Å². The van der Waals surface area contributed by atoms with Gasteiger partial charge in [-0.15, -0.1) is 0 Å². The number of hydrogen-bond donors (Lipinski definition) is 2. The molecule has 184 valence electrons. The Morgan fingerprint density at radius 2 is 1.97 bits per heavy atom. The Morgan fingerprint density at radius 1 is 1.21 bits per heavy atom. The maximum absolute atomic E-state index is 13.0. The molecular formula is C26H34N2O6. The summed E-state index contributed by atoms with van der Waals surface area (Å²) in [4.78, 5) is 32.5. The molecule has 0 bridgehead atoms. The highest BCUT2D eigenvalue weighted by molar-refractivity contribution is 6.00. The molecule has 2 aliphatic rings. The van der Waals surface area contributed by atoms with Crippen molar-refractivity contribution in [2.45, 2.75) is 64.6 Å². The van der Waals surface area contributed by atoms with E-state index in [0.29, 0.717) is 35.2 Å². The minimum Gasteiger partial charge on any atom is -0.508 e. The van der Waals surface area contributed by atoms with Crippen molar-refractivity contribution in [3.05, 3.63) is 53.1 Å². The second kappa shape index (κ2) is 12.4. The van der Waals surface area contributed by atoms with Gasteiger partial charge in [-0.1, -0.05) is 23.4 Å². The van der Waals surface area contributed by atoms with E-state index in [1.807, 2.05) is 0 Å². The van der Waals surface area contributed by atoms with E-state index in [1.165, 1.54) is 12.1 Å². The van der Waals surface area contributed by atoms with E-state index in [4.69, 9.17) is 9.57 Å². The molecule has 0 aliphatic carbocycles. The molecule has 1 saturated heterocycles. The number of rotatable bonds is 3. The molecule has 2 atom stereocenters. The SMILES string of the molecule is Cc1cc(O)cc2c1C(=O)O[C@H](C)C/C=C/C(O)C/C=C/C(=N/OCC(=O)N1CCCCC1)C2. The molecule has 0 radical (unpaired) electrons. The van der Waals surface area contributed by atoms with Gasteiger partial charge in [-0.25, -0.2) is 4.79 Å². The van der Waals surface area contributed by atoms with Crippen molar-refractivity contribution >= 4 is 17.6 Å². The first-order chi connectivity index (χ1) is 16.3. The zero-order chi connectivity index (χ0) is 24.5. The minimum atomic E-state index is -0.691. The van der Waals surface area contributed by atoms with Crippen molar-refractivity contribution in [3.8, 4) is 5.75 Å². The number of carbonyl (C=O) groups excluding carboxylic acids is 2. The lowest BCUT2D eigenvalue weighted by Gasteiger charge is -2.26. The number of oxime groups is 1. The Kier molecular flexibility index (Phi) is 9.27. The number of fused-ring (bicyclic) bond motifs is 1. The zero-order valence-electron chi connectivity index (χ0n) is 19.9. The number of carbonyl (C=O) groups is 2. The first-order valence-corrected chi connectivity index (χ1v) is 11.8. The molecule has 2 heterocycles. The molecule has 1 amide bonds. The molecule has 8 nitrogen and oxygen atoms in total. The summed E-state index contributed by atoms with van der Waals surface area (Å²) in [6.07, 6.45) is 9.99. The summed E-state index contributed by atoms with van der Waals surface area (Å²) in [5.74, 6) is -0.572. The molecule has 0 spiro atoms. The number of aliphatic hydroxyl groups excluding tert-OH is 1. The highest BCUT2D eigenvalue weighted by Gasteiger charge is 2.21. The van der Waals surface area contributed by atoms with Crippen molar-refractivity contribution in [1.29, 1.82) is 0 Å². The Labute approximate surface area is 200 Å². The quantitative estimate of drug-likeness (QED) is 0.398. The van der Waals surface area contributed by atoms with Gasteiger partial charge < -0.3 is 24.7 Å². The minimum absolute atomic E-state index is 0.0288. The summed E-state index contributed by atoms with van der Waals surface area (Å²) < 4.78 is 5.60. The molecule has 34 heavy (non-hydrogen) atoms. The number of cyclic esters (lactones) is 1. The summed E-state index contributed by atoms with van der Waals surface area (Å²) in [6.45, 7) is 4.82. The van der Waals surface area contributed by atoms with E-state index >= 15 is 0 Å². The lowest BCUT2D eigenvalue weighted by molar-refractivity contribution is -0.137. The van der Waals surface area contributed by atoms with E-state index in [1.54, 1.807) is 43.1 Å². The first-order valence-electron chi connectivity index (χ1n) is 11.8. The molecule has 8 heteroatoms. The lowest BCUT2D eigenvalue weighted by atomic mass is 9.96. The lowest BCUT2D eigenvalue weighted by Crippen LogP contribution is -2.37. The second-order valence-corrected chi connectivity index (χ2v) is 8.86. The fraction of sp³-hybridized carbons (Fsp3) is 0.500. The topological polar surface area (TPSA) is 109 Å². The number of nitrogens with zero attached hydrogens (tertiary/aromatic N) is 2. The van der Waals surface area contributed by atoms with Crippen LogP contribution in [-0.2, 0) is 20.8 Å². The standard InChI is InChI=1S/C26H34N2O6/c1-18-14-23(30)16-20-15-21(27-33-17-24(31)28-12-4-3-5-13-28)9-7-11-22(29)10-6-8-19(2)34-26(32)25(18)20/h6-7,9-10,14,16,19,22,29-30H,3-5,8,11-13,15,17H2,1-2H3/b9-7+,10-6+,27-21-/t19-,22?/m1/s1. The van der Waals surface area contributed by atoms with E-state index in [9.17, 15) is 19.8 Å². The van der Waals surface area contributed by atoms with Crippen LogP contribution in [0.4, 0.5) is 0 Å². The predicted octanol–water partition coefficient (Wildman–Crippen LogP) is 3.44. The van der Waals surface area contributed by atoms with Crippen molar-refractivity contribution in [2.75, 3.05) is 19.7 Å². The molecule has 1 unspecified atom stereocenters. The van der Waals surface area contributed by atoms with Crippen molar-refractivity contribution in [3.63, 3.8) is 0 Å². The largest absolute Gasteiger partial charge is 0.508 e. The van der Waals surface area contributed by atoms with Gasteiger partial charge in [0.1, 0.15) is 11.9 Å². The van der Waals surface area contributed by atoms with E-state index in [0.717, 1.165) is 32.4 Å². The summed E-state index contributed by atoms with van der Waals surface area (Å²) >= 11 is 0. The molecule has 1 aromatic rings. The third kappa shape index (κ3) is 7.45. The van der Waals surface area contributed by atoms with Crippen LogP contribution in [0.1, 0.15) is 60.5 Å². The van der Waals surface area contributed by atoms with Crippen LogP contribution in [0, 0.1) is 6.92 Å². The third-order valence-corrected chi connectivity index (χ3v) is 5.88. The Balaban J connectivity index is 1.86. The highest BCUT2D eigenvalue weighted by atomic mass is 16.6. The van der Waals surface area contributed by atoms with Crippen LogP contribution in [-0.4, -0.2) is 64.6 Å². The number of benzene rings is 1. The van der Waals surface area contributed by atoms with Crippen molar-refractivity contribution < 1.29 is 29.4 Å². The molecule has 2 N–H and O–H groups in total. The number of phenols is 1.